The van der Waals surface area contributed by atoms with Crippen LogP contribution in [-0.2, 0) is 0 Å². The van der Waals surface area contributed by atoms with Crippen LogP contribution < -0.4 is 5.32 Å². The fourth-order valence-electron chi connectivity index (χ4n) is 2.64. The number of halogens is 1. The van der Waals surface area contributed by atoms with Crippen LogP contribution in [0, 0.1) is 3.57 Å². The maximum Gasteiger partial charge on any atom is 0.0565 e. The topological polar surface area (TPSA) is 40.7 Å². The first-order chi connectivity index (χ1) is 10.8. The van der Waals surface area contributed by atoms with Gasteiger partial charge in [-0.05, 0) is 58.5 Å². The van der Waals surface area contributed by atoms with Gasteiger partial charge in [0, 0.05) is 27.8 Å². The molecular weight excluding hydrogens is 385 g/mol. The summed E-state index contributed by atoms with van der Waals surface area (Å²) in [7, 11) is 2.00. The molecule has 0 saturated heterocycles. The van der Waals surface area contributed by atoms with E-state index in [4.69, 9.17) is 0 Å². The summed E-state index contributed by atoms with van der Waals surface area (Å²) in [5.74, 6) is 0.361. The number of hydrogen-bond donors (Lipinski definition) is 2. The summed E-state index contributed by atoms with van der Waals surface area (Å²) in [4.78, 5) is 0. The molecule has 3 rings (SSSR count). The lowest BCUT2D eigenvalue weighted by Crippen LogP contribution is -2.18. The van der Waals surface area contributed by atoms with Crippen LogP contribution in [-0.4, -0.2) is 23.8 Å². The van der Waals surface area contributed by atoms with Crippen molar-refractivity contribution >= 4 is 22.6 Å². The van der Waals surface area contributed by atoms with E-state index in [2.05, 4.69) is 86.6 Å². The number of benzene rings is 2. The number of nitrogens with one attached hydrogen (secondary N) is 2. The molecule has 0 aliphatic heterocycles. The molecule has 0 radical (unpaired) electrons. The van der Waals surface area contributed by atoms with E-state index in [9.17, 15) is 0 Å². The second-order valence-corrected chi connectivity index (χ2v) is 6.52. The Morgan fingerprint density at radius 1 is 1.00 bits per heavy atom. The third kappa shape index (κ3) is 3.39. The van der Waals surface area contributed by atoms with Crippen molar-refractivity contribution in [3.8, 4) is 11.1 Å². The van der Waals surface area contributed by atoms with Gasteiger partial charge in [0.05, 0.1) is 6.20 Å². The highest BCUT2D eigenvalue weighted by atomic mass is 127. The van der Waals surface area contributed by atoms with Crippen LogP contribution in [0.15, 0.2) is 60.9 Å². The van der Waals surface area contributed by atoms with E-state index in [-0.39, 0.29) is 0 Å². The second-order valence-electron chi connectivity index (χ2n) is 5.27. The van der Waals surface area contributed by atoms with Crippen molar-refractivity contribution in [1.29, 1.82) is 0 Å². The highest BCUT2D eigenvalue weighted by Gasteiger charge is 2.13. The molecule has 2 aromatic carbocycles. The molecule has 3 aromatic rings. The maximum absolute atomic E-state index is 4.01. The van der Waals surface area contributed by atoms with Crippen molar-refractivity contribution in [2.75, 3.05) is 13.6 Å². The van der Waals surface area contributed by atoms with Gasteiger partial charge in [0.25, 0.3) is 0 Å². The minimum atomic E-state index is 0.361. The molecule has 1 unspecified atom stereocenters. The van der Waals surface area contributed by atoms with E-state index in [0.717, 1.165) is 12.1 Å². The summed E-state index contributed by atoms with van der Waals surface area (Å²) in [5.41, 5.74) is 4.96. The number of H-pyrrole nitrogens is 1. The molecule has 0 aliphatic carbocycles. The summed E-state index contributed by atoms with van der Waals surface area (Å²) in [6, 6.07) is 17.5. The van der Waals surface area contributed by atoms with Gasteiger partial charge >= 0.3 is 0 Å². The van der Waals surface area contributed by atoms with Crippen molar-refractivity contribution in [2.45, 2.75) is 5.92 Å². The predicted octanol–water partition coefficient (Wildman–Crippen LogP) is 4.03. The van der Waals surface area contributed by atoms with Gasteiger partial charge in [-0.2, -0.15) is 5.10 Å². The van der Waals surface area contributed by atoms with E-state index in [1.165, 1.54) is 20.3 Å². The van der Waals surface area contributed by atoms with E-state index >= 15 is 0 Å². The van der Waals surface area contributed by atoms with Crippen molar-refractivity contribution in [1.82, 2.24) is 15.5 Å². The highest BCUT2D eigenvalue weighted by molar-refractivity contribution is 14.1. The van der Waals surface area contributed by atoms with E-state index < -0.39 is 0 Å². The lowest BCUT2D eigenvalue weighted by atomic mass is 9.90. The zero-order valence-corrected chi connectivity index (χ0v) is 14.5. The number of hydrogen-bond acceptors (Lipinski definition) is 2. The van der Waals surface area contributed by atoms with Crippen molar-refractivity contribution in [2.24, 2.45) is 0 Å². The summed E-state index contributed by atoms with van der Waals surface area (Å²) < 4.78 is 1.26. The van der Waals surface area contributed by atoms with Gasteiger partial charge < -0.3 is 5.32 Å². The fourth-order valence-corrected chi connectivity index (χ4v) is 3.00. The molecule has 1 heterocycles. The molecule has 3 nitrogen and oxygen atoms in total. The Labute approximate surface area is 144 Å². The molecule has 0 spiro atoms. The maximum atomic E-state index is 4.01. The zero-order chi connectivity index (χ0) is 15.4. The van der Waals surface area contributed by atoms with E-state index in [1.807, 2.05) is 19.4 Å². The monoisotopic (exact) mass is 403 g/mol. The summed E-state index contributed by atoms with van der Waals surface area (Å²) in [6.07, 6.45) is 3.76. The molecule has 4 heteroatoms. The van der Waals surface area contributed by atoms with Crippen molar-refractivity contribution in [3.63, 3.8) is 0 Å². The third-order valence-corrected chi connectivity index (χ3v) is 4.54. The molecule has 112 valence electrons. The SMILES string of the molecule is CNCC(c1ccc(I)cc1)c1ccc(-c2cn[nH]c2)cc1. The first-order valence-electron chi connectivity index (χ1n) is 7.27. The summed E-state index contributed by atoms with van der Waals surface area (Å²) in [5, 5.41) is 10.2. The minimum absolute atomic E-state index is 0.361. The standard InChI is InChI=1S/C18H18IN3/c1-20-12-18(15-6-8-17(19)9-7-15)14-4-2-13(3-5-14)16-10-21-22-11-16/h2-11,18,20H,12H2,1H3,(H,21,22). The van der Waals surface area contributed by atoms with Gasteiger partial charge in [0.1, 0.15) is 0 Å². The molecule has 1 aromatic heterocycles. The number of nitrogens with zero attached hydrogens (tertiary/aromatic N) is 1. The first-order valence-corrected chi connectivity index (χ1v) is 8.35. The van der Waals surface area contributed by atoms with Gasteiger partial charge in [0.15, 0.2) is 0 Å². The third-order valence-electron chi connectivity index (χ3n) is 3.83. The number of aromatic amines is 1. The van der Waals surface area contributed by atoms with Gasteiger partial charge in [-0.3, -0.25) is 5.10 Å². The molecular formula is C18H18IN3. The highest BCUT2D eigenvalue weighted by Crippen LogP contribution is 2.27. The first kappa shape index (κ1) is 15.2. The quantitative estimate of drug-likeness (QED) is 0.632. The lowest BCUT2D eigenvalue weighted by Gasteiger charge is -2.18. The average molecular weight is 403 g/mol. The van der Waals surface area contributed by atoms with Crippen LogP contribution in [0.4, 0.5) is 0 Å². The molecule has 0 bridgehead atoms. The smallest absolute Gasteiger partial charge is 0.0565 e. The van der Waals surface area contributed by atoms with E-state index in [0.29, 0.717) is 5.92 Å². The molecule has 0 aliphatic rings. The fraction of sp³-hybridized carbons (Fsp3) is 0.167. The Bertz CT molecular complexity index is 703. The van der Waals surface area contributed by atoms with Crippen LogP contribution in [0.5, 0.6) is 0 Å². The Hall–Kier alpha value is -1.66. The average Bonchev–Trinajstić information content (AvgIpc) is 3.08. The largest absolute Gasteiger partial charge is 0.319 e. The molecule has 0 saturated carbocycles. The normalized spacial score (nSPS) is 12.3. The van der Waals surface area contributed by atoms with Gasteiger partial charge in [0.2, 0.25) is 0 Å². The predicted molar refractivity (Wildman–Crippen MR) is 99.0 cm³/mol. The van der Waals surface area contributed by atoms with Crippen LogP contribution in [0.25, 0.3) is 11.1 Å². The van der Waals surface area contributed by atoms with E-state index in [1.54, 1.807) is 0 Å². The van der Waals surface area contributed by atoms with Crippen molar-refractivity contribution < 1.29 is 0 Å². The Morgan fingerprint density at radius 2 is 1.64 bits per heavy atom. The molecule has 22 heavy (non-hydrogen) atoms. The number of likely N-dealkylation sites (N-methyl/N-ethyl adjacent to an activating group) is 1. The molecule has 0 fully saturated rings. The lowest BCUT2D eigenvalue weighted by molar-refractivity contribution is 0.708. The van der Waals surface area contributed by atoms with Gasteiger partial charge in [-0.25, -0.2) is 0 Å². The Balaban J connectivity index is 1.90. The number of aromatic nitrogens is 2. The molecule has 0 amide bonds. The Kier molecular flexibility index (Phi) is 4.90. The number of rotatable bonds is 5. The minimum Gasteiger partial charge on any atom is -0.319 e. The van der Waals surface area contributed by atoms with Crippen LogP contribution >= 0.6 is 22.6 Å². The van der Waals surface area contributed by atoms with Crippen LogP contribution in [0.1, 0.15) is 17.0 Å². The molecule has 2 N–H and O–H groups in total. The van der Waals surface area contributed by atoms with Gasteiger partial charge in [-0.15, -0.1) is 0 Å². The van der Waals surface area contributed by atoms with Crippen LogP contribution in [0.2, 0.25) is 0 Å². The Morgan fingerprint density at radius 3 is 2.18 bits per heavy atom. The summed E-state index contributed by atoms with van der Waals surface area (Å²) in [6.45, 7) is 0.922. The van der Waals surface area contributed by atoms with Crippen LogP contribution in [0.3, 0.4) is 0 Å². The summed E-state index contributed by atoms with van der Waals surface area (Å²) >= 11 is 2.34. The zero-order valence-electron chi connectivity index (χ0n) is 12.4. The van der Waals surface area contributed by atoms with Gasteiger partial charge in [-0.1, -0.05) is 36.4 Å². The molecule has 1 atom stereocenters. The second kappa shape index (κ2) is 7.07. The van der Waals surface area contributed by atoms with Crippen molar-refractivity contribution in [3.05, 3.63) is 75.6 Å².